The average molecular weight is 724 g/mol. The van der Waals surface area contributed by atoms with Gasteiger partial charge in [0.05, 0.1) is 12.1 Å². The second-order valence-corrected chi connectivity index (χ2v) is 14.1. The number of anilines is 1. The molecule has 0 radical (unpaired) electrons. The number of carboxylic acids is 1. The number of carbonyl (C=O) groups is 3. The molecular formula is C28H37N9O10S2. The zero-order chi connectivity index (χ0) is 35.7. The highest BCUT2D eigenvalue weighted by Gasteiger charge is 2.58. The van der Waals surface area contributed by atoms with E-state index in [2.05, 4.69) is 35.4 Å². The molecule has 0 bridgehead atoms. The summed E-state index contributed by atoms with van der Waals surface area (Å²) in [6.45, 7) is 6.37. The standard InChI is InChI=1S/C28H37N9O10S2/c1-27(2)21(23(39)37(27)47-49(42,43)44)35-22(38)20(17-13-48-25(30)34-17)36-46-28(3,24(40)41)19-7-5-15-10-14(4-6-18(15)45-19)16-11-32-26(33-12-16)31-9-8-29/h4,6,10,13,16,19,21H,5,7-9,11-12,29H2,1-3H3,(H2,30,34)(H,35,38)(H,40,41)(H2,31,32,33)(H,42,43,44)/b36-20-/t19-,21-,28?/m1/s1. The Kier molecular flexibility index (Phi) is 10.0. The maximum atomic E-state index is 13.5. The van der Waals surface area contributed by atoms with Gasteiger partial charge in [0.25, 0.3) is 17.4 Å². The number of β-lactam (4-membered cyclic amide) rings is 1. The normalized spacial score (nSPS) is 23.1. The molecule has 0 aliphatic carbocycles. The van der Waals surface area contributed by atoms with Gasteiger partial charge in [-0.25, -0.2) is 9.78 Å². The van der Waals surface area contributed by atoms with Crippen LogP contribution in [0.1, 0.15) is 49.9 Å². The summed E-state index contributed by atoms with van der Waals surface area (Å²) in [5.74, 6) is -2.11. The fraction of sp³-hybridized carbons (Fsp3) is 0.500. The highest BCUT2D eigenvalue weighted by Crippen LogP contribution is 2.36. The minimum absolute atomic E-state index is 0.0652. The Morgan fingerprint density at radius 1 is 1.35 bits per heavy atom. The lowest BCUT2D eigenvalue weighted by molar-refractivity contribution is -0.218. The van der Waals surface area contributed by atoms with Gasteiger partial charge in [0.1, 0.15) is 17.5 Å². The molecule has 0 spiro atoms. The molecule has 4 heterocycles. The van der Waals surface area contributed by atoms with Crippen molar-refractivity contribution in [1.82, 2.24) is 26.0 Å². The number of aliphatic carboxylic acids is 1. The van der Waals surface area contributed by atoms with E-state index in [1.807, 2.05) is 12.1 Å². The summed E-state index contributed by atoms with van der Waals surface area (Å²) >= 11 is 0.971. The fourth-order valence-corrected chi connectivity index (χ4v) is 6.52. The van der Waals surface area contributed by atoms with Crippen LogP contribution in [0.15, 0.2) is 33.7 Å². The van der Waals surface area contributed by atoms with Crippen LogP contribution in [0.2, 0.25) is 0 Å². The maximum Gasteiger partial charge on any atom is 0.418 e. The molecule has 1 saturated heterocycles. The van der Waals surface area contributed by atoms with E-state index in [-0.39, 0.29) is 23.2 Å². The number of hydrogen-bond donors (Lipinski definition) is 7. The van der Waals surface area contributed by atoms with Crippen molar-refractivity contribution in [2.75, 3.05) is 31.9 Å². The number of aryl methyl sites for hydroxylation is 1. The fourth-order valence-electron chi connectivity index (χ4n) is 5.52. The monoisotopic (exact) mass is 723 g/mol. The number of nitrogen functional groups attached to an aromatic ring is 1. The summed E-state index contributed by atoms with van der Waals surface area (Å²) in [4.78, 5) is 52.9. The Balaban J connectivity index is 1.32. The van der Waals surface area contributed by atoms with Crippen molar-refractivity contribution in [2.24, 2.45) is 15.9 Å². The summed E-state index contributed by atoms with van der Waals surface area (Å²) in [6.07, 6.45) is -0.331. The van der Waals surface area contributed by atoms with Gasteiger partial charge in [-0.05, 0) is 50.8 Å². The lowest BCUT2D eigenvalue weighted by atomic mass is 9.84. The van der Waals surface area contributed by atoms with Crippen LogP contribution < -0.4 is 32.2 Å². The predicted octanol–water partition coefficient (Wildman–Crippen LogP) is -0.886. The highest BCUT2D eigenvalue weighted by atomic mass is 32.3. The number of aliphatic imine (C=N–C) groups is 1. The molecule has 3 aliphatic heterocycles. The second-order valence-electron chi connectivity index (χ2n) is 12.2. The largest absolute Gasteiger partial charge is 0.485 e. The minimum Gasteiger partial charge on any atom is -0.485 e. The summed E-state index contributed by atoms with van der Waals surface area (Å²) in [5, 5.41) is 24.8. The van der Waals surface area contributed by atoms with E-state index in [9.17, 15) is 27.9 Å². The van der Waals surface area contributed by atoms with Crippen molar-refractivity contribution in [1.29, 1.82) is 0 Å². The van der Waals surface area contributed by atoms with Gasteiger partial charge in [0, 0.05) is 30.9 Å². The number of nitrogens with zero attached hydrogens (tertiary/aromatic N) is 4. The summed E-state index contributed by atoms with van der Waals surface area (Å²) in [5.41, 5.74) is 9.13. The number of carbonyl (C=O) groups excluding carboxylic acids is 2. The first-order valence-corrected chi connectivity index (χ1v) is 17.3. The van der Waals surface area contributed by atoms with Crippen LogP contribution in [0.4, 0.5) is 5.13 Å². The highest BCUT2D eigenvalue weighted by molar-refractivity contribution is 7.80. The van der Waals surface area contributed by atoms with E-state index in [4.69, 9.17) is 25.6 Å². The van der Waals surface area contributed by atoms with E-state index < -0.39 is 57.2 Å². The third-order valence-corrected chi connectivity index (χ3v) is 9.40. The van der Waals surface area contributed by atoms with Crippen molar-refractivity contribution >= 4 is 56.3 Å². The molecule has 2 aromatic rings. The van der Waals surface area contributed by atoms with Gasteiger partial charge >= 0.3 is 16.4 Å². The van der Waals surface area contributed by atoms with Gasteiger partial charge in [0.15, 0.2) is 22.9 Å². The van der Waals surface area contributed by atoms with Crippen LogP contribution in [0, 0.1) is 0 Å². The molecule has 1 fully saturated rings. The number of thiazole rings is 1. The zero-order valence-corrected chi connectivity index (χ0v) is 28.3. The Bertz CT molecular complexity index is 1800. The molecule has 5 rings (SSSR count). The topological polar surface area (TPSA) is 282 Å². The number of nitrogens with two attached hydrogens (primary N) is 2. The molecule has 266 valence electrons. The molecule has 0 saturated carbocycles. The van der Waals surface area contributed by atoms with Gasteiger partial charge in [-0.3, -0.25) is 19.1 Å². The molecule has 9 N–H and O–H groups in total. The van der Waals surface area contributed by atoms with Gasteiger partial charge in [-0.2, -0.15) is 13.5 Å². The number of hydroxylamine groups is 2. The molecule has 1 aromatic heterocycles. The third kappa shape index (κ3) is 7.54. The van der Waals surface area contributed by atoms with Crippen LogP contribution in [0.5, 0.6) is 5.75 Å². The van der Waals surface area contributed by atoms with Gasteiger partial charge in [-0.15, -0.1) is 15.6 Å². The number of guanidine groups is 1. The Labute approximate surface area is 285 Å². The van der Waals surface area contributed by atoms with Crippen molar-refractivity contribution in [3.05, 3.63) is 40.4 Å². The molecule has 1 aromatic carbocycles. The molecule has 3 aliphatic rings. The Morgan fingerprint density at radius 2 is 2.10 bits per heavy atom. The smallest absolute Gasteiger partial charge is 0.418 e. The number of nitrogens with one attached hydrogen (secondary N) is 3. The first-order valence-electron chi connectivity index (χ1n) is 15.1. The average Bonchev–Trinajstić information content (AvgIpc) is 3.49. The van der Waals surface area contributed by atoms with Crippen molar-refractivity contribution in [3.63, 3.8) is 0 Å². The summed E-state index contributed by atoms with van der Waals surface area (Å²) < 4.78 is 41.8. The molecule has 19 nitrogen and oxygen atoms in total. The molecule has 2 unspecified atom stereocenters. The lowest BCUT2D eigenvalue weighted by Gasteiger charge is -2.50. The molecule has 21 heteroatoms. The molecule has 2 amide bonds. The first kappa shape index (κ1) is 35.7. The summed E-state index contributed by atoms with van der Waals surface area (Å²) in [7, 11) is -5.03. The van der Waals surface area contributed by atoms with Gasteiger partial charge in [-0.1, -0.05) is 17.3 Å². The maximum absolute atomic E-state index is 13.5. The van der Waals surface area contributed by atoms with E-state index in [0.29, 0.717) is 49.4 Å². The van der Waals surface area contributed by atoms with E-state index in [1.54, 1.807) is 6.07 Å². The number of rotatable bonds is 12. The number of ether oxygens (including phenoxy) is 1. The van der Waals surface area contributed by atoms with Crippen LogP contribution in [0.25, 0.3) is 0 Å². The lowest BCUT2D eigenvalue weighted by Crippen LogP contribution is -2.76. The van der Waals surface area contributed by atoms with E-state index in [1.165, 1.54) is 26.2 Å². The van der Waals surface area contributed by atoms with Crippen molar-refractivity contribution in [2.45, 2.75) is 62.8 Å². The number of fused-ring (bicyclic) bond motifs is 1. The molecule has 4 atom stereocenters. The number of aromatic nitrogens is 1. The van der Waals surface area contributed by atoms with E-state index in [0.717, 1.165) is 22.5 Å². The van der Waals surface area contributed by atoms with Gasteiger partial charge in [0.2, 0.25) is 0 Å². The quantitative estimate of drug-likeness (QED) is 0.0606. The third-order valence-electron chi connectivity index (χ3n) is 8.39. The van der Waals surface area contributed by atoms with Crippen LogP contribution in [-0.2, 0) is 40.3 Å². The number of carboxylic acid groups (broad SMARTS) is 1. The predicted molar refractivity (Wildman–Crippen MR) is 175 cm³/mol. The van der Waals surface area contributed by atoms with Crippen molar-refractivity contribution in [3.8, 4) is 5.75 Å². The number of hydrogen-bond acceptors (Lipinski definition) is 16. The second kappa shape index (κ2) is 13.7. The number of benzene rings is 1. The van der Waals surface area contributed by atoms with Crippen LogP contribution in [0.3, 0.4) is 0 Å². The van der Waals surface area contributed by atoms with Crippen LogP contribution >= 0.6 is 11.3 Å². The zero-order valence-electron chi connectivity index (χ0n) is 26.7. The van der Waals surface area contributed by atoms with Gasteiger partial charge < -0.3 is 42.1 Å². The Hall–Kier alpha value is -4.57. The molecular weight excluding hydrogens is 686 g/mol. The van der Waals surface area contributed by atoms with Crippen molar-refractivity contribution < 1.29 is 46.3 Å². The SMILES string of the molecule is CC(O/N=C(\C(=O)N[C@@H]1C(=O)N(OS(=O)(=O)O)C1(C)C)c1csc(N)n1)(C(=O)O)[C@H]1CCc2cc(C3CN=C(NCCN)NC3)ccc2O1. The number of amides is 2. The van der Waals surface area contributed by atoms with E-state index >= 15 is 0 Å². The minimum atomic E-state index is -5.03. The number of oxime groups is 1. The summed E-state index contributed by atoms with van der Waals surface area (Å²) in [6, 6.07) is 4.36. The van der Waals surface area contributed by atoms with Crippen LogP contribution in [-0.4, -0.2) is 107 Å². The molecule has 49 heavy (non-hydrogen) atoms. The Morgan fingerprint density at radius 3 is 2.69 bits per heavy atom. The first-order chi connectivity index (χ1) is 23.0.